The van der Waals surface area contributed by atoms with Crippen LogP contribution in [0.4, 0.5) is 5.69 Å². The molecule has 1 aliphatic rings. The van der Waals surface area contributed by atoms with E-state index < -0.39 is 4.92 Å². The average molecular weight is 389 g/mol. The predicted octanol–water partition coefficient (Wildman–Crippen LogP) is 4.94. The van der Waals surface area contributed by atoms with E-state index in [9.17, 15) is 14.9 Å². The zero-order chi connectivity index (χ0) is 19.5. The number of nitro groups is 1. The van der Waals surface area contributed by atoms with Crippen molar-refractivity contribution in [3.8, 4) is 10.7 Å². The smallest absolute Gasteiger partial charge is 0.270 e. The van der Waals surface area contributed by atoms with Gasteiger partial charge in [-0.05, 0) is 42.7 Å². The monoisotopic (exact) mass is 389 g/mol. The molecular weight excluding hydrogens is 374 g/mol. The molecule has 0 radical (unpaired) electrons. The van der Waals surface area contributed by atoms with Gasteiger partial charge in [-0.2, -0.15) is 0 Å². The topological polar surface area (TPSA) is 86.0 Å². The van der Waals surface area contributed by atoms with Crippen molar-refractivity contribution in [3.05, 3.63) is 86.6 Å². The Morgan fingerprint density at radius 3 is 2.64 bits per heavy atom. The van der Waals surface area contributed by atoms with Crippen LogP contribution in [0.15, 0.2) is 65.2 Å². The molecule has 2 aromatic heterocycles. The highest BCUT2D eigenvalue weighted by Crippen LogP contribution is 2.31. The molecule has 0 spiro atoms. The lowest BCUT2D eigenvalue weighted by Gasteiger charge is -1.97. The molecular formula is C21H15N3O3S. The van der Waals surface area contributed by atoms with Crippen molar-refractivity contribution in [2.24, 2.45) is 0 Å². The van der Waals surface area contributed by atoms with Crippen LogP contribution in [0.5, 0.6) is 0 Å². The summed E-state index contributed by atoms with van der Waals surface area (Å²) in [6, 6.07) is 12.0. The molecule has 0 saturated heterocycles. The second-order valence-electron chi connectivity index (χ2n) is 6.31. The number of Topliss-reactive ketones (excluding diaryl/α,β-unsaturated/α-hetero) is 1. The van der Waals surface area contributed by atoms with Crippen molar-refractivity contribution in [2.45, 2.75) is 12.8 Å². The third kappa shape index (κ3) is 3.79. The first-order valence-electron chi connectivity index (χ1n) is 8.67. The van der Waals surface area contributed by atoms with Crippen LogP contribution in [-0.4, -0.2) is 20.7 Å². The Bertz CT molecular complexity index is 1120. The number of rotatable bonds is 4. The highest BCUT2D eigenvalue weighted by molar-refractivity contribution is 7.13. The lowest BCUT2D eigenvalue weighted by molar-refractivity contribution is -0.384. The number of ketones is 1. The maximum atomic E-state index is 12.7. The van der Waals surface area contributed by atoms with E-state index >= 15 is 0 Å². The van der Waals surface area contributed by atoms with Crippen LogP contribution in [-0.2, 0) is 4.79 Å². The van der Waals surface area contributed by atoms with Gasteiger partial charge >= 0.3 is 0 Å². The molecule has 0 unspecified atom stereocenters. The maximum Gasteiger partial charge on any atom is 0.270 e. The van der Waals surface area contributed by atoms with Crippen LogP contribution in [0.2, 0.25) is 0 Å². The van der Waals surface area contributed by atoms with Gasteiger partial charge in [0.1, 0.15) is 5.01 Å². The summed E-state index contributed by atoms with van der Waals surface area (Å²) >= 11 is 1.49. The van der Waals surface area contributed by atoms with E-state index in [2.05, 4.69) is 9.97 Å². The second kappa shape index (κ2) is 7.66. The predicted molar refractivity (Wildman–Crippen MR) is 109 cm³/mol. The zero-order valence-corrected chi connectivity index (χ0v) is 15.6. The third-order valence-electron chi connectivity index (χ3n) is 4.40. The molecule has 3 aromatic rings. The number of benzene rings is 1. The fourth-order valence-electron chi connectivity index (χ4n) is 3.05. The maximum absolute atomic E-state index is 12.7. The van der Waals surface area contributed by atoms with Gasteiger partial charge in [-0.25, -0.2) is 4.98 Å². The van der Waals surface area contributed by atoms with Crippen molar-refractivity contribution >= 4 is 35.0 Å². The molecule has 0 amide bonds. The highest BCUT2D eigenvalue weighted by Gasteiger charge is 2.23. The van der Waals surface area contributed by atoms with E-state index in [0.717, 1.165) is 16.4 Å². The first-order valence-corrected chi connectivity index (χ1v) is 9.55. The van der Waals surface area contributed by atoms with Gasteiger partial charge < -0.3 is 0 Å². The molecule has 138 valence electrons. The van der Waals surface area contributed by atoms with Crippen molar-refractivity contribution in [1.29, 1.82) is 0 Å². The number of thiazole rings is 1. The standard InChI is InChI=1S/C21H15N3O3S/c25-20-15(10-14-4-3-5-18(11-14)24(26)27)7-8-16(20)12-17-13-28-21(23-17)19-6-1-2-9-22-19/h1-6,9-13H,7-8H2/b15-10+,16-12+. The Balaban J connectivity index is 1.55. The van der Waals surface area contributed by atoms with E-state index in [4.69, 9.17) is 0 Å². The summed E-state index contributed by atoms with van der Waals surface area (Å²) in [4.78, 5) is 32.0. The fraction of sp³-hybridized carbons (Fsp3) is 0.0952. The molecule has 0 atom stereocenters. The van der Waals surface area contributed by atoms with Crippen molar-refractivity contribution in [2.75, 3.05) is 0 Å². The van der Waals surface area contributed by atoms with E-state index in [1.54, 1.807) is 24.4 Å². The average Bonchev–Trinajstić information content (AvgIpc) is 3.31. The number of carbonyl (C=O) groups excluding carboxylic acids is 1. The van der Waals surface area contributed by atoms with E-state index in [0.29, 0.717) is 29.6 Å². The molecule has 0 bridgehead atoms. The van der Waals surface area contributed by atoms with Crippen LogP contribution >= 0.6 is 11.3 Å². The normalized spacial score (nSPS) is 16.8. The fourth-order valence-corrected chi connectivity index (χ4v) is 3.80. The molecule has 28 heavy (non-hydrogen) atoms. The molecule has 1 aromatic carbocycles. The van der Waals surface area contributed by atoms with Crippen molar-refractivity contribution in [1.82, 2.24) is 9.97 Å². The molecule has 0 N–H and O–H groups in total. The van der Waals surface area contributed by atoms with Gasteiger partial charge in [0.2, 0.25) is 0 Å². The van der Waals surface area contributed by atoms with Gasteiger partial charge in [0.05, 0.1) is 16.3 Å². The largest absolute Gasteiger partial charge is 0.289 e. The quantitative estimate of drug-likeness (QED) is 0.358. The van der Waals surface area contributed by atoms with Gasteiger partial charge in [0.15, 0.2) is 5.78 Å². The molecule has 1 saturated carbocycles. The minimum atomic E-state index is -0.439. The molecule has 7 heteroatoms. The van der Waals surface area contributed by atoms with Crippen LogP contribution in [0.1, 0.15) is 24.1 Å². The third-order valence-corrected chi connectivity index (χ3v) is 5.28. The van der Waals surface area contributed by atoms with Gasteiger partial charge in [-0.3, -0.25) is 19.9 Å². The van der Waals surface area contributed by atoms with Gasteiger partial charge in [0.25, 0.3) is 5.69 Å². The van der Waals surface area contributed by atoms with Crippen LogP contribution in [0, 0.1) is 10.1 Å². The minimum absolute atomic E-state index is 0.0140. The van der Waals surface area contributed by atoms with Gasteiger partial charge in [0, 0.05) is 34.9 Å². The number of hydrogen-bond donors (Lipinski definition) is 0. The Morgan fingerprint density at radius 1 is 1.07 bits per heavy atom. The van der Waals surface area contributed by atoms with Gasteiger partial charge in [-0.1, -0.05) is 18.2 Å². The summed E-state index contributed by atoms with van der Waals surface area (Å²) in [6.07, 6.45) is 6.52. The van der Waals surface area contributed by atoms with E-state index in [1.807, 2.05) is 29.7 Å². The molecule has 0 aliphatic heterocycles. The Labute approximate surface area is 165 Å². The number of pyridine rings is 1. The number of nitro benzene ring substituents is 1. The summed E-state index contributed by atoms with van der Waals surface area (Å²) in [6.45, 7) is 0. The van der Waals surface area contributed by atoms with Crippen molar-refractivity contribution < 1.29 is 9.72 Å². The Morgan fingerprint density at radius 2 is 1.89 bits per heavy atom. The number of nitrogens with zero attached hydrogens (tertiary/aromatic N) is 3. The van der Waals surface area contributed by atoms with Crippen LogP contribution < -0.4 is 0 Å². The molecule has 6 nitrogen and oxygen atoms in total. The summed E-state index contributed by atoms with van der Waals surface area (Å²) in [7, 11) is 0. The van der Waals surface area contributed by atoms with Crippen LogP contribution in [0.3, 0.4) is 0 Å². The second-order valence-corrected chi connectivity index (χ2v) is 7.17. The highest BCUT2D eigenvalue weighted by atomic mass is 32.1. The molecule has 1 aliphatic carbocycles. The first kappa shape index (κ1) is 17.9. The number of aromatic nitrogens is 2. The minimum Gasteiger partial charge on any atom is -0.289 e. The lowest BCUT2D eigenvalue weighted by atomic mass is 10.1. The molecule has 4 rings (SSSR count). The summed E-state index contributed by atoms with van der Waals surface area (Å²) in [5.41, 5.74) is 3.58. The SMILES string of the molecule is O=C1/C(=C/c2cccc([N+](=O)[O-])c2)CC/C1=C\c1csc(-c2ccccn2)n1. The number of carbonyl (C=O) groups is 1. The lowest BCUT2D eigenvalue weighted by Crippen LogP contribution is -1.96. The number of allylic oxidation sites excluding steroid dienone is 2. The molecule has 2 heterocycles. The number of non-ortho nitro benzene ring substituents is 1. The summed E-state index contributed by atoms with van der Waals surface area (Å²) < 4.78 is 0. The zero-order valence-electron chi connectivity index (χ0n) is 14.7. The van der Waals surface area contributed by atoms with Crippen molar-refractivity contribution in [3.63, 3.8) is 0 Å². The number of hydrogen-bond acceptors (Lipinski definition) is 6. The Kier molecular flexibility index (Phi) is 4.90. The van der Waals surface area contributed by atoms with E-state index in [-0.39, 0.29) is 11.5 Å². The summed E-state index contributed by atoms with van der Waals surface area (Å²) in [5, 5.41) is 13.6. The first-order chi connectivity index (χ1) is 13.6. The van der Waals surface area contributed by atoms with Crippen LogP contribution in [0.25, 0.3) is 22.9 Å². The van der Waals surface area contributed by atoms with E-state index in [1.165, 1.54) is 23.5 Å². The Hall–Kier alpha value is -3.45. The van der Waals surface area contributed by atoms with Gasteiger partial charge in [-0.15, -0.1) is 11.3 Å². The summed E-state index contributed by atoms with van der Waals surface area (Å²) in [5.74, 6) is -0.0288. The molecule has 1 fully saturated rings.